The van der Waals surface area contributed by atoms with Crippen LogP contribution in [0, 0.1) is 17.6 Å². The van der Waals surface area contributed by atoms with Crippen molar-refractivity contribution in [2.45, 2.75) is 18.3 Å². The summed E-state index contributed by atoms with van der Waals surface area (Å²) < 4.78 is 31.1. The van der Waals surface area contributed by atoms with E-state index in [1.165, 1.54) is 6.07 Å². The number of halogens is 2. The first-order valence-corrected chi connectivity index (χ1v) is 5.92. The van der Waals surface area contributed by atoms with Gasteiger partial charge in [-0.05, 0) is 30.5 Å². The molecular formula is C14H10F2O3. The fraction of sp³-hybridized carbons (Fsp3) is 0.286. The number of benzene rings is 1. The number of fused-ring (bicyclic) bond motifs is 1. The van der Waals surface area contributed by atoms with Crippen molar-refractivity contribution in [1.82, 2.24) is 0 Å². The lowest BCUT2D eigenvalue weighted by molar-refractivity contribution is -0.154. The minimum Gasteiger partial charge on any atom is -0.392 e. The van der Waals surface area contributed by atoms with Gasteiger partial charge in [0.05, 0.1) is 5.92 Å². The molecule has 19 heavy (non-hydrogen) atoms. The number of hydrogen-bond acceptors (Lipinski definition) is 3. The van der Waals surface area contributed by atoms with E-state index in [1.54, 1.807) is 12.2 Å². The van der Waals surface area contributed by atoms with Gasteiger partial charge < -0.3 is 4.74 Å². The van der Waals surface area contributed by atoms with Crippen LogP contribution in [0.1, 0.15) is 18.4 Å². The van der Waals surface area contributed by atoms with Crippen molar-refractivity contribution in [3.63, 3.8) is 0 Å². The molecule has 98 valence electrons. The Morgan fingerprint density at radius 1 is 1.16 bits per heavy atom. The van der Waals surface area contributed by atoms with Gasteiger partial charge >= 0.3 is 11.9 Å². The Bertz CT molecular complexity index is 609. The van der Waals surface area contributed by atoms with Crippen LogP contribution in [0.5, 0.6) is 0 Å². The Morgan fingerprint density at radius 3 is 2.68 bits per heavy atom. The van der Waals surface area contributed by atoms with Gasteiger partial charge in [-0.25, -0.2) is 8.78 Å². The van der Waals surface area contributed by atoms with E-state index in [-0.39, 0.29) is 12.0 Å². The molecule has 1 heterocycles. The van der Waals surface area contributed by atoms with Crippen LogP contribution in [-0.4, -0.2) is 11.9 Å². The molecule has 2 atom stereocenters. The van der Waals surface area contributed by atoms with Crippen LogP contribution in [0.15, 0.2) is 30.4 Å². The molecule has 0 aromatic heterocycles. The largest absolute Gasteiger partial charge is 0.392 e. The minimum atomic E-state index is -1.21. The van der Waals surface area contributed by atoms with Crippen molar-refractivity contribution in [1.29, 1.82) is 0 Å². The molecule has 1 saturated heterocycles. The summed E-state index contributed by atoms with van der Waals surface area (Å²) in [6, 6.07) is 3.27. The predicted octanol–water partition coefficient (Wildman–Crippen LogP) is 2.25. The predicted molar refractivity (Wildman–Crippen MR) is 61.0 cm³/mol. The summed E-state index contributed by atoms with van der Waals surface area (Å²) in [5, 5.41) is 0. The van der Waals surface area contributed by atoms with Gasteiger partial charge in [0.15, 0.2) is 11.6 Å². The first kappa shape index (κ1) is 12.0. The summed E-state index contributed by atoms with van der Waals surface area (Å²) in [5.41, 5.74) is -0.919. The van der Waals surface area contributed by atoms with E-state index in [0.717, 1.165) is 12.1 Å². The molecule has 0 unspecified atom stereocenters. The average molecular weight is 264 g/mol. The third kappa shape index (κ3) is 1.54. The maximum absolute atomic E-state index is 13.4. The van der Waals surface area contributed by atoms with Gasteiger partial charge in [-0.3, -0.25) is 9.59 Å². The number of rotatable bonds is 1. The van der Waals surface area contributed by atoms with E-state index in [0.29, 0.717) is 6.42 Å². The lowest BCUT2D eigenvalue weighted by atomic mass is 9.66. The average Bonchev–Trinajstić information content (AvgIpc) is 2.66. The van der Waals surface area contributed by atoms with Gasteiger partial charge in [0.1, 0.15) is 5.41 Å². The number of cyclic esters (lactones) is 2. The Hall–Kier alpha value is -2.04. The highest BCUT2D eigenvalue weighted by Gasteiger charge is 2.58. The standard InChI is InChI=1S/C14H10F2O3/c15-10-5-4-8(7-11(10)16)14-6-2-1-3-9(14)12(17)19-13(14)18/h1-2,4-5,7,9H,3,6H2/t9-,14+/m0/s1. The zero-order valence-corrected chi connectivity index (χ0v) is 9.86. The smallest absolute Gasteiger partial charge is 0.325 e. The molecule has 2 aliphatic rings. The summed E-state index contributed by atoms with van der Waals surface area (Å²) in [6.07, 6.45) is 4.18. The molecule has 5 heteroatoms. The number of ether oxygens (including phenoxy) is 1. The maximum Gasteiger partial charge on any atom is 0.325 e. The van der Waals surface area contributed by atoms with Crippen molar-refractivity contribution >= 4 is 11.9 Å². The monoisotopic (exact) mass is 264 g/mol. The second kappa shape index (κ2) is 3.98. The van der Waals surface area contributed by atoms with Gasteiger partial charge in [-0.15, -0.1) is 0 Å². The Kier molecular flexibility index (Phi) is 2.52. The van der Waals surface area contributed by atoms with Crippen LogP contribution in [0.25, 0.3) is 0 Å². The van der Waals surface area contributed by atoms with E-state index in [4.69, 9.17) is 4.74 Å². The number of carbonyl (C=O) groups is 2. The molecule has 0 spiro atoms. The third-order valence-electron chi connectivity index (χ3n) is 3.85. The Balaban J connectivity index is 2.18. The first-order chi connectivity index (χ1) is 9.05. The molecule has 1 aliphatic heterocycles. The molecular weight excluding hydrogens is 254 g/mol. The van der Waals surface area contributed by atoms with Gasteiger partial charge in [0.25, 0.3) is 0 Å². The van der Waals surface area contributed by atoms with Gasteiger partial charge in [0, 0.05) is 0 Å². The fourth-order valence-corrected chi connectivity index (χ4v) is 2.83. The summed E-state index contributed by atoms with van der Waals surface area (Å²) >= 11 is 0. The van der Waals surface area contributed by atoms with E-state index in [9.17, 15) is 18.4 Å². The zero-order valence-electron chi connectivity index (χ0n) is 9.86. The highest BCUT2D eigenvalue weighted by molar-refractivity contribution is 6.03. The number of esters is 2. The summed E-state index contributed by atoms with van der Waals surface area (Å²) in [5.74, 6) is -3.96. The zero-order chi connectivity index (χ0) is 13.6. The minimum absolute atomic E-state index is 0.257. The van der Waals surface area contributed by atoms with Crippen molar-refractivity contribution in [3.8, 4) is 0 Å². The van der Waals surface area contributed by atoms with Crippen molar-refractivity contribution < 1.29 is 23.1 Å². The summed E-state index contributed by atoms with van der Waals surface area (Å²) in [7, 11) is 0. The molecule has 0 N–H and O–H groups in total. The summed E-state index contributed by atoms with van der Waals surface area (Å²) in [6.45, 7) is 0. The molecule has 1 fully saturated rings. The highest BCUT2D eigenvalue weighted by atomic mass is 19.2. The number of hydrogen-bond donors (Lipinski definition) is 0. The van der Waals surface area contributed by atoms with Crippen molar-refractivity contribution in [3.05, 3.63) is 47.5 Å². The first-order valence-electron chi connectivity index (χ1n) is 5.92. The van der Waals surface area contributed by atoms with E-state index in [2.05, 4.69) is 0 Å². The van der Waals surface area contributed by atoms with Gasteiger partial charge in [0.2, 0.25) is 0 Å². The Labute approximate surface area is 107 Å². The van der Waals surface area contributed by atoms with Crippen LogP contribution in [0.3, 0.4) is 0 Å². The van der Waals surface area contributed by atoms with Crippen LogP contribution >= 0.6 is 0 Å². The molecule has 3 nitrogen and oxygen atoms in total. The molecule has 1 aromatic carbocycles. The molecule has 1 aliphatic carbocycles. The number of carbonyl (C=O) groups excluding carboxylic acids is 2. The van der Waals surface area contributed by atoms with Gasteiger partial charge in [-0.2, -0.15) is 0 Å². The molecule has 0 radical (unpaired) electrons. The quantitative estimate of drug-likeness (QED) is 0.444. The van der Waals surface area contributed by atoms with Gasteiger partial charge in [-0.1, -0.05) is 18.2 Å². The highest BCUT2D eigenvalue weighted by Crippen LogP contribution is 2.47. The Morgan fingerprint density at radius 2 is 1.95 bits per heavy atom. The third-order valence-corrected chi connectivity index (χ3v) is 3.85. The molecule has 1 aromatic rings. The van der Waals surface area contributed by atoms with E-state index >= 15 is 0 Å². The molecule has 0 amide bonds. The lowest BCUT2D eigenvalue weighted by Gasteiger charge is -2.31. The molecule has 0 saturated carbocycles. The SMILES string of the molecule is O=C1OC(=O)[C@@]2(c3ccc(F)c(F)c3)CC=CC[C@@H]12. The maximum atomic E-state index is 13.4. The van der Waals surface area contributed by atoms with Crippen LogP contribution in [0.2, 0.25) is 0 Å². The van der Waals surface area contributed by atoms with Crippen LogP contribution in [0.4, 0.5) is 8.78 Å². The second-order valence-electron chi connectivity index (χ2n) is 4.77. The normalized spacial score (nSPS) is 29.3. The van der Waals surface area contributed by atoms with E-state index < -0.39 is 34.9 Å². The fourth-order valence-electron chi connectivity index (χ4n) is 2.83. The van der Waals surface area contributed by atoms with E-state index in [1.807, 2.05) is 0 Å². The topological polar surface area (TPSA) is 43.4 Å². The number of allylic oxidation sites excluding steroid dienone is 2. The molecule has 0 bridgehead atoms. The van der Waals surface area contributed by atoms with Crippen LogP contribution in [-0.2, 0) is 19.7 Å². The molecule has 3 rings (SSSR count). The second-order valence-corrected chi connectivity index (χ2v) is 4.77. The van der Waals surface area contributed by atoms with Crippen LogP contribution < -0.4 is 0 Å². The van der Waals surface area contributed by atoms with Crippen molar-refractivity contribution in [2.75, 3.05) is 0 Å². The van der Waals surface area contributed by atoms with Crippen molar-refractivity contribution in [2.24, 2.45) is 5.92 Å². The summed E-state index contributed by atoms with van der Waals surface area (Å²) in [4.78, 5) is 23.7. The lowest BCUT2D eigenvalue weighted by Crippen LogP contribution is -2.39.